The van der Waals surface area contributed by atoms with Crippen LogP contribution in [0.25, 0.3) is 0 Å². The van der Waals surface area contributed by atoms with E-state index in [0.29, 0.717) is 31.2 Å². The number of unbranched alkanes of at least 4 members (excludes halogenated alkanes) is 1. The van der Waals surface area contributed by atoms with E-state index in [-0.39, 0.29) is 51.5 Å². The van der Waals surface area contributed by atoms with Crippen molar-refractivity contribution in [1.82, 2.24) is 31.5 Å². The van der Waals surface area contributed by atoms with Gasteiger partial charge in [0.1, 0.15) is 36.0 Å². The molecule has 0 bridgehead atoms. The summed E-state index contributed by atoms with van der Waals surface area (Å²) >= 11 is 0. The summed E-state index contributed by atoms with van der Waals surface area (Å²) < 4.78 is 24.7. The molecule has 5 atom stereocenters. The van der Waals surface area contributed by atoms with Crippen molar-refractivity contribution in [3.05, 3.63) is 29.8 Å². The lowest BCUT2D eigenvalue weighted by Crippen LogP contribution is -2.60. The van der Waals surface area contributed by atoms with E-state index in [1.807, 2.05) is 0 Å². The fraction of sp³-hybridized carbons (Fsp3) is 0.650. The van der Waals surface area contributed by atoms with Crippen LogP contribution in [0.5, 0.6) is 5.75 Å². The van der Waals surface area contributed by atoms with Gasteiger partial charge in [0.05, 0.1) is 26.9 Å². The van der Waals surface area contributed by atoms with Crippen LogP contribution in [-0.4, -0.2) is 123 Å². The van der Waals surface area contributed by atoms with Crippen LogP contribution in [0.4, 0.5) is 14.4 Å². The molecule has 5 N–H and O–H groups in total. The summed E-state index contributed by atoms with van der Waals surface area (Å²) in [6, 6.07) is 0.752. The third kappa shape index (κ3) is 16.6. The van der Waals surface area contributed by atoms with E-state index in [0.717, 1.165) is 0 Å². The molecule has 1 aliphatic rings. The number of hydrogen-bond acceptors (Lipinski definition) is 13. The lowest BCUT2D eigenvalue weighted by molar-refractivity contribution is -0.152. The highest BCUT2D eigenvalue weighted by atomic mass is 16.7. The van der Waals surface area contributed by atoms with Crippen LogP contribution in [-0.2, 0) is 49.3 Å². The first-order chi connectivity index (χ1) is 28.1. The van der Waals surface area contributed by atoms with Gasteiger partial charge in [-0.1, -0.05) is 39.8 Å². The van der Waals surface area contributed by atoms with Gasteiger partial charge in [0.15, 0.2) is 0 Å². The van der Waals surface area contributed by atoms with Crippen molar-refractivity contribution in [2.24, 2.45) is 11.8 Å². The first-order valence-corrected chi connectivity index (χ1v) is 20.1. The fourth-order valence-corrected chi connectivity index (χ4v) is 6.25. The molecule has 6 amide bonds. The summed E-state index contributed by atoms with van der Waals surface area (Å²) in [7, 11) is 1.23. The first kappa shape index (κ1) is 49.5. The normalized spacial score (nSPS) is 15.5. The maximum Gasteiger partial charge on any atom is 0.513 e. The molecule has 1 aliphatic heterocycles. The number of rotatable bonds is 22. The maximum atomic E-state index is 14.1. The van der Waals surface area contributed by atoms with Gasteiger partial charge in [-0.15, -0.1) is 0 Å². The summed E-state index contributed by atoms with van der Waals surface area (Å²) in [6.45, 7) is 12.6. The van der Waals surface area contributed by atoms with E-state index < -0.39 is 90.0 Å². The zero-order valence-corrected chi connectivity index (χ0v) is 35.4. The van der Waals surface area contributed by atoms with Gasteiger partial charge < -0.3 is 55.2 Å². The smallest absolute Gasteiger partial charge is 0.467 e. The molecule has 59 heavy (non-hydrogen) atoms. The number of hydrogen-bond donors (Lipinski definition) is 5. The molecule has 0 aliphatic carbocycles. The van der Waals surface area contributed by atoms with Gasteiger partial charge in [0, 0.05) is 19.5 Å². The van der Waals surface area contributed by atoms with Gasteiger partial charge in [0.25, 0.3) is 0 Å². The predicted octanol–water partition coefficient (Wildman–Crippen LogP) is 2.73. The fourth-order valence-electron chi connectivity index (χ4n) is 6.25. The van der Waals surface area contributed by atoms with E-state index in [4.69, 9.17) is 23.7 Å². The highest BCUT2D eigenvalue weighted by Gasteiger charge is 2.40. The van der Waals surface area contributed by atoms with Crippen molar-refractivity contribution in [1.29, 1.82) is 0 Å². The molecule has 5 unspecified atom stereocenters. The first-order valence-electron chi connectivity index (χ1n) is 20.1. The van der Waals surface area contributed by atoms with Crippen LogP contribution < -0.4 is 31.3 Å². The van der Waals surface area contributed by atoms with Gasteiger partial charge in [-0.05, 0) is 82.4 Å². The second-order valence-electron chi connectivity index (χ2n) is 14.4. The Balaban J connectivity index is 2.37. The number of carbonyl (C=O) groups is 8. The lowest BCUT2D eigenvalue weighted by atomic mass is 9.99. The second-order valence-corrected chi connectivity index (χ2v) is 14.4. The predicted molar refractivity (Wildman–Crippen MR) is 213 cm³/mol. The summed E-state index contributed by atoms with van der Waals surface area (Å²) in [4.78, 5) is 106. The minimum atomic E-state index is -1.20. The largest absolute Gasteiger partial charge is 0.513 e. The van der Waals surface area contributed by atoms with Crippen molar-refractivity contribution in [3.63, 3.8) is 0 Å². The van der Waals surface area contributed by atoms with Crippen molar-refractivity contribution in [2.45, 2.75) is 117 Å². The Morgan fingerprint density at radius 1 is 0.712 bits per heavy atom. The number of benzene rings is 1. The van der Waals surface area contributed by atoms with Crippen molar-refractivity contribution in [3.8, 4) is 5.75 Å². The number of likely N-dealkylation sites (tertiary alicyclic amines) is 1. The van der Waals surface area contributed by atoms with E-state index in [2.05, 4.69) is 26.6 Å². The van der Waals surface area contributed by atoms with Crippen LogP contribution in [0.1, 0.15) is 86.1 Å². The van der Waals surface area contributed by atoms with Crippen molar-refractivity contribution >= 4 is 47.9 Å². The zero-order valence-electron chi connectivity index (χ0n) is 35.4. The van der Waals surface area contributed by atoms with Crippen LogP contribution in [0.3, 0.4) is 0 Å². The molecule has 1 aromatic rings. The molecule has 2 rings (SSSR count). The van der Waals surface area contributed by atoms with E-state index in [1.54, 1.807) is 60.6 Å². The lowest BCUT2D eigenvalue weighted by Gasteiger charge is -2.31. The number of alkyl carbamates (subject to hydrolysis) is 2. The van der Waals surface area contributed by atoms with Gasteiger partial charge in [0.2, 0.25) is 23.6 Å². The number of esters is 1. The summed E-state index contributed by atoms with van der Waals surface area (Å²) in [5.74, 6) is -3.89. The molecule has 0 spiro atoms. The average molecular weight is 835 g/mol. The molecule has 19 heteroatoms. The van der Waals surface area contributed by atoms with Crippen molar-refractivity contribution < 1.29 is 62.0 Å². The molecule has 19 nitrogen and oxygen atoms in total. The minimum Gasteiger partial charge on any atom is -0.467 e. The minimum absolute atomic E-state index is 0.0318. The SMILES string of the molecule is CCOC(=O)NCCCCC(NC(=O)C(NC(=O)OCC)C(C)C)C(=O)NC(C(=O)NC(Cc1ccc(OC(=O)OCC)cc1)C(=O)N1CCCC1C(=O)OC)C(C)C. The van der Waals surface area contributed by atoms with Crippen LogP contribution in [0, 0.1) is 11.8 Å². The molecule has 1 heterocycles. The standard InChI is InChI=1S/C40H62N6O13/c1-9-56-38(52)41-21-13-12-15-28(42-35(49)32(25(6)7)45-39(53)57-10-2)33(47)44-31(24(4)5)34(48)43-29(36(50)46-22-14-16-30(46)37(51)55-8)23-26-17-19-27(20-18-26)59-40(54)58-11-3/h17-20,24-25,28-32H,9-16,21-23H2,1-8H3,(H,41,52)(H,42,49)(H,43,48)(H,44,47)(H,45,53). The van der Waals surface area contributed by atoms with Crippen LogP contribution >= 0.6 is 0 Å². The Morgan fingerprint density at radius 2 is 1.29 bits per heavy atom. The molecular formula is C40H62N6O13. The van der Waals surface area contributed by atoms with Crippen LogP contribution in [0.15, 0.2) is 24.3 Å². The average Bonchev–Trinajstić information content (AvgIpc) is 3.68. The van der Waals surface area contributed by atoms with Gasteiger partial charge >= 0.3 is 24.3 Å². The Bertz CT molecular complexity index is 1570. The summed E-state index contributed by atoms with van der Waals surface area (Å²) in [6.07, 6.45) is -0.518. The number of methoxy groups -OCH3 is 1. The van der Waals surface area contributed by atoms with Crippen LogP contribution in [0.2, 0.25) is 0 Å². The van der Waals surface area contributed by atoms with Crippen molar-refractivity contribution in [2.75, 3.05) is 40.0 Å². The second kappa shape index (κ2) is 25.7. The maximum absolute atomic E-state index is 14.1. The molecule has 1 saturated heterocycles. The molecule has 1 fully saturated rings. The Labute approximate surface area is 345 Å². The number of amides is 6. The van der Waals surface area contributed by atoms with E-state index in [1.165, 1.54) is 24.1 Å². The monoisotopic (exact) mass is 834 g/mol. The third-order valence-electron chi connectivity index (χ3n) is 9.29. The molecule has 0 saturated carbocycles. The Morgan fingerprint density at radius 3 is 1.86 bits per heavy atom. The number of nitrogens with one attached hydrogen (secondary N) is 5. The third-order valence-corrected chi connectivity index (χ3v) is 9.29. The highest BCUT2D eigenvalue weighted by molar-refractivity contribution is 5.96. The Kier molecular flexibility index (Phi) is 21.6. The number of carbonyl (C=O) groups excluding carboxylic acids is 8. The number of nitrogens with zero attached hydrogens (tertiary/aromatic N) is 1. The summed E-state index contributed by atoms with van der Waals surface area (Å²) in [5, 5.41) is 13.4. The highest BCUT2D eigenvalue weighted by Crippen LogP contribution is 2.22. The molecule has 0 radical (unpaired) electrons. The van der Waals surface area contributed by atoms with Gasteiger partial charge in [-0.2, -0.15) is 0 Å². The van der Waals surface area contributed by atoms with E-state index >= 15 is 0 Å². The zero-order chi connectivity index (χ0) is 44.1. The molecule has 330 valence electrons. The molecular weight excluding hydrogens is 772 g/mol. The van der Waals surface area contributed by atoms with Gasteiger partial charge in [-0.25, -0.2) is 19.2 Å². The Hall–Kier alpha value is -5.62. The quantitative estimate of drug-likeness (QED) is 0.0489. The topological polar surface area (TPSA) is 246 Å². The number of ether oxygens (including phenoxy) is 5. The molecule has 0 aromatic heterocycles. The van der Waals surface area contributed by atoms with E-state index in [9.17, 15) is 38.4 Å². The summed E-state index contributed by atoms with van der Waals surface area (Å²) in [5.41, 5.74) is 0.579. The van der Waals surface area contributed by atoms with Gasteiger partial charge in [-0.3, -0.25) is 19.2 Å². The molecule has 1 aromatic carbocycles.